The number of piperidine rings is 1. The normalized spacial score (nSPS) is 21.9. The van der Waals surface area contributed by atoms with Crippen molar-refractivity contribution in [3.8, 4) is 5.75 Å². The first-order chi connectivity index (χ1) is 23.6. The van der Waals surface area contributed by atoms with Crippen LogP contribution < -0.4 is 10.1 Å². The molecule has 3 heterocycles. The average molecular weight is 721 g/mol. The fraction of sp³-hybridized carbons (Fsp3) is 0.500. The van der Waals surface area contributed by atoms with E-state index in [0.717, 1.165) is 36.1 Å². The number of hydrogen-bond acceptors (Lipinski definition) is 5. The maximum absolute atomic E-state index is 15.2. The van der Waals surface area contributed by atoms with Crippen LogP contribution in [0.15, 0.2) is 65.8 Å². The molecule has 1 fully saturated rings. The molecule has 5 rings (SSSR count). The third-order valence-electron chi connectivity index (χ3n) is 10.5. The second-order valence-electron chi connectivity index (χ2n) is 15.0. The number of nitrogens with zero attached hydrogens (tertiary/aromatic N) is 4. The fourth-order valence-electron chi connectivity index (χ4n) is 7.03. The summed E-state index contributed by atoms with van der Waals surface area (Å²) in [6, 6.07) is 17.3. The van der Waals surface area contributed by atoms with Crippen LogP contribution in [0.25, 0.3) is 0 Å². The van der Waals surface area contributed by atoms with E-state index < -0.39 is 11.1 Å². The lowest BCUT2D eigenvalue weighted by molar-refractivity contribution is -0.122. The molecule has 3 atom stereocenters. The van der Waals surface area contributed by atoms with Crippen molar-refractivity contribution in [2.45, 2.75) is 104 Å². The summed E-state index contributed by atoms with van der Waals surface area (Å²) >= 11 is 12.8. The molecular formula is C40H51Cl2N5O3. The Kier molecular flexibility index (Phi) is 11.2. The molecule has 0 unspecified atom stereocenters. The summed E-state index contributed by atoms with van der Waals surface area (Å²) in [5.41, 5.74) is 1.09. The summed E-state index contributed by atoms with van der Waals surface area (Å²) < 4.78 is 6.28. The quantitative estimate of drug-likeness (QED) is 0.239. The number of urea groups is 1. The van der Waals surface area contributed by atoms with E-state index in [2.05, 4.69) is 46.9 Å². The Morgan fingerprint density at radius 3 is 2.10 bits per heavy atom. The minimum absolute atomic E-state index is 0.0711. The zero-order valence-corrected chi connectivity index (χ0v) is 32.2. The first kappa shape index (κ1) is 37.6. The van der Waals surface area contributed by atoms with E-state index in [1.54, 1.807) is 6.20 Å². The van der Waals surface area contributed by atoms with Crippen molar-refractivity contribution in [2.24, 2.45) is 10.9 Å². The highest BCUT2D eigenvalue weighted by molar-refractivity contribution is 6.30. The number of amides is 3. The van der Waals surface area contributed by atoms with Gasteiger partial charge in [0.2, 0.25) is 5.91 Å². The van der Waals surface area contributed by atoms with E-state index in [9.17, 15) is 4.79 Å². The molecule has 50 heavy (non-hydrogen) atoms. The molecule has 268 valence electrons. The Morgan fingerprint density at radius 1 is 0.980 bits per heavy atom. The van der Waals surface area contributed by atoms with Crippen LogP contribution in [0.5, 0.6) is 5.75 Å². The zero-order chi connectivity index (χ0) is 36.4. The van der Waals surface area contributed by atoms with Crippen LogP contribution in [-0.2, 0) is 21.3 Å². The molecule has 0 radical (unpaired) electrons. The van der Waals surface area contributed by atoms with Gasteiger partial charge in [-0.3, -0.25) is 19.7 Å². The molecule has 1 N–H and O–H groups in total. The zero-order valence-electron chi connectivity index (χ0n) is 30.6. The van der Waals surface area contributed by atoms with E-state index in [4.69, 9.17) is 37.9 Å². The van der Waals surface area contributed by atoms with Gasteiger partial charge in [-0.05, 0) is 88.3 Å². The van der Waals surface area contributed by atoms with Crippen molar-refractivity contribution >= 4 is 41.0 Å². The van der Waals surface area contributed by atoms with Gasteiger partial charge in [0.1, 0.15) is 22.7 Å². The lowest BCUT2D eigenvalue weighted by Crippen LogP contribution is -2.59. The predicted molar refractivity (Wildman–Crippen MR) is 202 cm³/mol. The number of aromatic nitrogens is 1. The number of carbonyl (C=O) groups is 2. The molecule has 8 nitrogen and oxygen atoms in total. The van der Waals surface area contributed by atoms with Gasteiger partial charge in [-0.2, -0.15) is 0 Å². The van der Waals surface area contributed by atoms with Crippen LogP contribution in [0.2, 0.25) is 10.0 Å². The third kappa shape index (κ3) is 7.38. The lowest BCUT2D eigenvalue weighted by atomic mass is 9.71. The van der Waals surface area contributed by atoms with Crippen molar-refractivity contribution in [1.29, 1.82) is 0 Å². The number of nitrogens with one attached hydrogen (secondary N) is 1. The largest absolute Gasteiger partial charge is 0.493 e. The summed E-state index contributed by atoms with van der Waals surface area (Å²) in [6.45, 7) is 18.0. The van der Waals surface area contributed by atoms with Gasteiger partial charge in [0.25, 0.3) is 0 Å². The molecule has 2 aliphatic rings. The van der Waals surface area contributed by atoms with Crippen molar-refractivity contribution in [1.82, 2.24) is 20.1 Å². The van der Waals surface area contributed by atoms with Crippen LogP contribution in [0.4, 0.5) is 4.79 Å². The van der Waals surface area contributed by atoms with Gasteiger partial charge < -0.3 is 15.0 Å². The summed E-state index contributed by atoms with van der Waals surface area (Å²) in [5, 5.41) is 4.30. The number of hydrogen-bond donors (Lipinski definition) is 1. The summed E-state index contributed by atoms with van der Waals surface area (Å²) in [7, 11) is 0. The standard InChI is InChI=1S/C40H51Cl2N5O3/c1-9-26(3)44-35(48)23-27-19-21-46(22-20-27)37(49)47-36(32-25-43-34(38(4,5)6)24-33(32)50-10-2)45-39(7,28-11-15-30(41)16-12-28)40(47,8)29-13-17-31(42)18-14-29/h11-18,24-27H,9-10,19-23H2,1-8H3,(H,44,48)/t26-,39+,40-/m1/s1. The number of pyridine rings is 1. The number of benzene rings is 2. The maximum Gasteiger partial charge on any atom is 0.326 e. The predicted octanol–water partition coefficient (Wildman–Crippen LogP) is 9.11. The Balaban J connectivity index is 1.64. The highest BCUT2D eigenvalue weighted by atomic mass is 35.5. The van der Waals surface area contributed by atoms with Gasteiger partial charge in [0, 0.05) is 59.0 Å². The van der Waals surface area contributed by atoms with Gasteiger partial charge in [0.15, 0.2) is 0 Å². The molecule has 3 amide bonds. The molecule has 1 aromatic heterocycles. The molecule has 3 aromatic rings. The SMILES string of the molecule is CCOc1cc(C(C)(C)C)ncc1C1=N[C@@](C)(c2ccc(Cl)cc2)[C@@](C)(c2ccc(Cl)cc2)N1C(=O)N1CCC(CC(=O)N[C@H](C)CC)CC1. The van der Waals surface area contributed by atoms with Gasteiger partial charge in [-0.25, -0.2) is 4.79 Å². The van der Waals surface area contributed by atoms with E-state index in [1.807, 2.05) is 78.2 Å². The molecule has 0 saturated carbocycles. The number of rotatable bonds is 9. The van der Waals surface area contributed by atoms with Crippen molar-refractivity contribution in [3.05, 3.63) is 93.2 Å². The van der Waals surface area contributed by atoms with Crippen molar-refractivity contribution < 1.29 is 14.3 Å². The molecule has 0 bridgehead atoms. The number of halogens is 2. The minimum atomic E-state index is -1.02. The number of likely N-dealkylation sites (tertiary alicyclic amines) is 1. The van der Waals surface area contributed by atoms with Gasteiger partial charge in [0.05, 0.1) is 12.2 Å². The molecular weight excluding hydrogens is 669 g/mol. The highest BCUT2D eigenvalue weighted by Crippen LogP contribution is 2.54. The third-order valence-corrected chi connectivity index (χ3v) is 11.0. The molecule has 2 aromatic carbocycles. The second-order valence-corrected chi connectivity index (χ2v) is 15.8. The van der Waals surface area contributed by atoms with Crippen molar-refractivity contribution in [3.63, 3.8) is 0 Å². The summed E-state index contributed by atoms with van der Waals surface area (Å²) in [5.74, 6) is 1.38. The van der Waals surface area contributed by atoms with E-state index in [1.165, 1.54) is 0 Å². The smallest absolute Gasteiger partial charge is 0.326 e. The highest BCUT2D eigenvalue weighted by Gasteiger charge is 2.60. The molecule has 0 spiro atoms. The summed E-state index contributed by atoms with van der Waals surface area (Å²) in [6.07, 6.45) is 4.61. The first-order valence-corrected chi connectivity index (χ1v) is 18.5. The van der Waals surface area contributed by atoms with Crippen molar-refractivity contribution in [2.75, 3.05) is 19.7 Å². The van der Waals surface area contributed by atoms with E-state index >= 15 is 4.79 Å². The number of amidine groups is 1. The maximum atomic E-state index is 15.2. The van der Waals surface area contributed by atoms with E-state index in [0.29, 0.717) is 53.3 Å². The van der Waals surface area contributed by atoms with E-state index in [-0.39, 0.29) is 29.3 Å². The second kappa shape index (κ2) is 14.9. The fourth-order valence-corrected chi connectivity index (χ4v) is 7.28. The Bertz CT molecular complexity index is 1710. The molecule has 2 aliphatic heterocycles. The van der Waals surface area contributed by atoms with Gasteiger partial charge in [-0.15, -0.1) is 0 Å². The lowest BCUT2D eigenvalue weighted by Gasteiger charge is -2.47. The van der Waals surface area contributed by atoms with Gasteiger partial charge >= 0.3 is 6.03 Å². The monoisotopic (exact) mass is 719 g/mol. The van der Waals surface area contributed by atoms with Crippen LogP contribution >= 0.6 is 23.2 Å². The first-order valence-electron chi connectivity index (χ1n) is 17.8. The molecule has 0 aliphatic carbocycles. The Morgan fingerprint density at radius 2 is 1.56 bits per heavy atom. The number of carbonyl (C=O) groups excluding carboxylic acids is 2. The number of ether oxygens (including phenoxy) is 1. The minimum Gasteiger partial charge on any atom is -0.493 e. The topological polar surface area (TPSA) is 87.1 Å². The van der Waals surface area contributed by atoms with Crippen LogP contribution in [0.3, 0.4) is 0 Å². The van der Waals surface area contributed by atoms with Crippen LogP contribution in [-0.4, -0.2) is 58.3 Å². The Labute approximate surface area is 307 Å². The Hall–Kier alpha value is -3.62. The molecule has 1 saturated heterocycles. The average Bonchev–Trinajstić information content (AvgIpc) is 3.32. The number of aliphatic imine (C=N–C) groups is 1. The molecule has 10 heteroatoms. The summed E-state index contributed by atoms with van der Waals surface area (Å²) in [4.78, 5) is 42.1. The van der Waals surface area contributed by atoms with Crippen LogP contribution in [0, 0.1) is 5.92 Å². The van der Waals surface area contributed by atoms with Gasteiger partial charge in [-0.1, -0.05) is 75.2 Å². The van der Waals surface area contributed by atoms with Crippen LogP contribution in [0.1, 0.15) is 103 Å².